The number of nitrogens with one attached hydrogen (secondary N) is 1. The van der Waals surface area contributed by atoms with Gasteiger partial charge in [-0.15, -0.1) is 0 Å². The van der Waals surface area contributed by atoms with Crippen LogP contribution >= 0.6 is 34.2 Å². The van der Waals surface area contributed by atoms with Gasteiger partial charge in [-0.3, -0.25) is 0 Å². The quantitative estimate of drug-likeness (QED) is 0.560. The van der Waals surface area contributed by atoms with Crippen molar-refractivity contribution >= 4 is 55.6 Å². The minimum atomic E-state index is -4.35. The highest BCUT2D eigenvalue weighted by Crippen LogP contribution is 2.37. The second-order valence-corrected chi connectivity index (χ2v) is 9.11. The summed E-state index contributed by atoms with van der Waals surface area (Å²) in [5.41, 5.74) is -0.409. The van der Waals surface area contributed by atoms with Gasteiger partial charge in [-0.05, 0) is 59.5 Å². The molecule has 1 aliphatic rings. The zero-order chi connectivity index (χ0) is 19.1. The first-order valence-corrected chi connectivity index (χ1v) is 10.6. The summed E-state index contributed by atoms with van der Waals surface area (Å²) in [7, 11) is -4.35. The molecule has 1 fully saturated rings. The van der Waals surface area contributed by atoms with Crippen molar-refractivity contribution in [1.82, 2.24) is 0 Å². The summed E-state index contributed by atoms with van der Waals surface area (Å²) in [5, 5.41) is 7.92. The average molecular weight is 515 g/mol. The highest BCUT2D eigenvalue weighted by atomic mass is 127. The van der Waals surface area contributed by atoms with Gasteiger partial charge in [0.05, 0.1) is 23.0 Å². The summed E-state index contributed by atoms with van der Waals surface area (Å²) < 4.78 is 58.8. The van der Waals surface area contributed by atoms with Crippen LogP contribution in [0.15, 0.2) is 29.2 Å². The topological polar surface area (TPSA) is 81.4 Å². The van der Waals surface area contributed by atoms with E-state index < -0.39 is 38.0 Å². The Morgan fingerprint density at radius 3 is 2.54 bits per heavy atom. The summed E-state index contributed by atoms with van der Waals surface area (Å²) in [6.07, 6.45) is 1.88. The lowest BCUT2D eigenvalue weighted by molar-refractivity contribution is 0.279. The molecule has 0 aliphatic heterocycles. The van der Waals surface area contributed by atoms with E-state index >= 15 is 0 Å². The van der Waals surface area contributed by atoms with E-state index in [1.165, 1.54) is 6.07 Å². The second kappa shape index (κ2) is 7.45. The molecule has 1 aliphatic carbocycles. The Morgan fingerprint density at radius 2 is 1.96 bits per heavy atom. The Bertz CT molecular complexity index is 968. The number of ether oxygens (including phenoxy) is 1. The van der Waals surface area contributed by atoms with Gasteiger partial charge in [-0.25, -0.2) is 17.9 Å². The number of halogens is 4. The molecular formula is C16H14ClF2IN2O3S. The Morgan fingerprint density at radius 1 is 1.27 bits per heavy atom. The molecule has 26 heavy (non-hydrogen) atoms. The van der Waals surface area contributed by atoms with Crippen LogP contribution < -0.4 is 15.2 Å². The summed E-state index contributed by atoms with van der Waals surface area (Å²) in [6, 6.07) is 5.67. The Balaban J connectivity index is 2.06. The minimum absolute atomic E-state index is 0.191. The van der Waals surface area contributed by atoms with E-state index in [-0.39, 0.29) is 23.2 Å². The lowest BCUT2D eigenvalue weighted by atomic mass is 10.2. The maximum absolute atomic E-state index is 14.6. The molecule has 0 atom stereocenters. The Hall–Kier alpha value is -1.17. The fraction of sp³-hybridized carbons (Fsp3) is 0.250. The second-order valence-electron chi connectivity index (χ2n) is 5.92. The number of nitrogens with two attached hydrogens (primary N) is 1. The normalized spacial score (nSPS) is 14.3. The lowest BCUT2D eigenvalue weighted by Gasteiger charge is -2.16. The molecule has 5 nitrogen and oxygen atoms in total. The molecule has 2 aromatic rings. The predicted molar refractivity (Wildman–Crippen MR) is 103 cm³/mol. The van der Waals surface area contributed by atoms with E-state index in [0.717, 1.165) is 22.5 Å². The van der Waals surface area contributed by atoms with Gasteiger partial charge in [-0.2, -0.15) is 4.39 Å². The molecule has 0 saturated heterocycles. The molecule has 2 aromatic carbocycles. The fourth-order valence-corrected chi connectivity index (χ4v) is 3.84. The third-order valence-electron chi connectivity index (χ3n) is 3.81. The molecule has 0 heterocycles. The molecule has 0 spiro atoms. The van der Waals surface area contributed by atoms with E-state index in [1.54, 1.807) is 12.1 Å². The van der Waals surface area contributed by atoms with Crippen LogP contribution in [0.2, 0.25) is 5.02 Å². The van der Waals surface area contributed by atoms with Crippen LogP contribution in [0, 0.1) is 21.1 Å². The van der Waals surface area contributed by atoms with Gasteiger partial charge >= 0.3 is 0 Å². The number of hydrogen-bond donors (Lipinski definition) is 2. The molecule has 0 bridgehead atoms. The van der Waals surface area contributed by atoms with Gasteiger partial charge in [0.1, 0.15) is 4.90 Å². The molecule has 140 valence electrons. The van der Waals surface area contributed by atoms with Gasteiger partial charge in [0, 0.05) is 9.64 Å². The molecule has 0 unspecified atom stereocenters. The predicted octanol–water partition coefficient (Wildman–Crippen LogP) is 4.40. The summed E-state index contributed by atoms with van der Waals surface area (Å²) in [5.74, 6) is -2.91. The first-order chi connectivity index (χ1) is 12.2. The third kappa shape index (κ3) is 4.38. The molecule has 0 aromatic heterocycles. The number of hydrogen-bond acceptors (Lipinski definition) is 4. The van der Waals surface area contributed by atoms with Crippen molar-refractivity contribution in [3.8, 4) is 5.75 Å². The first kappa shape index (κ1) is 19.6. The van der Waals surface area contributed by atoms with Crippen molar-refractivity contribution in [2.75, 3.05) is 11.9 Å². The van der Waals surface area contributed by atoms with Crippen LogP contribution in [-0.4, -0.2) is 15.0 Å². The molecule has 0 radical (unpaired) electrons. The van der Waals surface area contributed by atoms with Crippen molar-refractivity contribution in [2.45, 2.75) is 17.7 Å². The zero-order valence-corrected chi connectivity index (χ0v) is 17.0. The molecule has 3 N–H and O–H groups in total. The van der Waals surface area contributed by atoms with E-state index in [4.69, 9.17) is 21.5 Å². The van der Waals surface area contributed by atoms with Crippen LogP contribution in [0.1, 0.15) is 12.8 Å². The number of anilines is 2. The molecule has 10 heteroatoms. The number of benzene rings is 2. The molecule has 0 amide bonds. The molecular weight excluding hydrogens is 501 g/mol. The van der Waals surface area contributed by atoms with Crippen molar-refractivity contribution < 1.29 is 21.9 Å². The largest absolute Gasteiger partial charge is 0.490 e. The number of sulfonamides is 1. The maximum atomic E-state index is 14.6. The van der Waals surface area contributed by atoms with Crippen molar-refractivity contribution in [1.29, 1.82) is 0 Å². The van der Waals surface area contributed by atoms with Gasteiger partial charge < -0.3 is 10.1 Å². The van der Waals surface area contributed by atoms with Crippen molar-refractivity contribution in [3.63, 3.8) is 0 Å². The molecule has 1 saturated carbocycles. The van der Waals surface area contributed by atoms with Crippen LogP contribution in [0.3, 0.4) is 0 Å². The minimum Gasteiger partial charge on any atom is -0.490 e. The first-order valence-electron chi connectivity index (χ1n) is 7.56. The van der Waals surface area contributed by atoms with Crippen LogP contribution in [0.25, 0.3) is 0 Å². The van der Waals surface area contributed by atoms with Crippen LogP contribution in [-0.2, 0) is 10.0 Å². The average Bonchev–Trinajstić information content (AvgIpc) is 3.36. The van der Waals surface area contributed by atoms with Gasteiger partial charge in [-0.1, -0.05) is 11.6 Å². The monoisotopic (exact) mass is 514 g/mol. The lowest BCUT2D eigenvalue weighted by Crippen LogP contribution is -2.17. The van der Waals surface area contributed by atoms with Crippen LogP contribution in [0.4, 0.5) is 20.2 Å². The van der Waals surface area contributed by atoms with Gasteiger partial charge in [0.15, 0.2) is 11.6 Å². The smallest absolute Gasteiger partial charge is 0.240 e. The summed E-state index contributed by atoms with van der Waals surface area (Å²) in [4.78, 5) is -0.614. The summed E-state index contributed by atoms with van der Waals surface area (Å²) in [6.45, 7) is 0.191. The molecule has 3 rings (SSSR count). The highest BCUT2D eigenvalue weighted by molar-refractivity contribution is 14.1. The van der Waals surface area contributed by atoms with E-state index in [1.807, 2.05) is 22.6 Å². The van der Waals surface area contributed by atoms with Gasteiger partial charge in [0.25, 0.3) is 0 Å². The highest BCUT2D eigenvalue weighted by Gasteiger charge is 2.28. The van der Waals surface area contributed by atoms with E-state index in [2.05, 4.69) is 5.32 Å². The summed E-state index contributed by atoms with van der Waals surface area (Å²) >= 11 is 8.10. The van der Waals surface area contributed by atoms with E-state index in [0.29, 0.717) is 0 Å². The Kier molecular flexibility index (Phi) is 5.61. The SMILES string of the molecule is NS(=O)(=O)c1cc(OCC2CC2)c(F)c(F)c1Nc1ccc(I)cc1Cl. The standard InChI is InChI=1S/C16H14ClF2IN2O3S/c17-10-5-9(20)3-4-11(10)22-16-13(26(21,23)24)6-12(14(18)15(16)19)25-7-8-1-2-8/h3-6,8,22H,1-2,7H2,(H2,21,23,24). The third-order valence-corrected chi connectivity index (χ3v) is 5.72. The van der Waals surface area contributed by atoms with Gasteiger partial charge in [0.2, 0.25) is 15.8 Å². The van der Waals surface area contributed by atoms with Crippen LogP contribution in [0.5, 0.6) is 5.75 Å². The number of rotatable bonds is 6. The zero-order valence-electron chi connectivity index (χ0n) is 13.2. The fourth-order valence-electron chi connectivity index (χ4n) is 2.24. The number of primary sulfonamides is 1. The van der Waals surface area contributed by atoms with Crippen molar-refractivity contribution in [2.24, 2.45) is 11.1 Å². The van der Waals surface area contributed by atoms with Crippen molar-refractivity contribution in [3.05, 3.63) is 44.5 Å². The maximum Gasteiger partial charge on any atom is 0.240 e. The van der Waals surface area contributed by atoms with E-state index in [9.17, 15) is 17.2 Å². The Labute approximate surface area is 168 Å².